The number of aryl methyl sites for hydroxylation is 1. The van der Waals surface area contributed by atoms with Crippen LogP contribution >= 0.6 is 0 Å². The van der Waals surface area contributed by atoms with Crippen molar-refractivity contribution in [1.82, 2.24) is 0 Å². The monoisotopic (exact) mass is 1890 g/mol. The summed E-state index contributed by atoms with van der Waals surface area (Å²) in [5, 5.41) is 11.9. The van der Waals surface area contributed by atoms with Crippen molar-refractivity contribution in [3.63, 3.8) is 0 Å². The van der Waals surface area contributed by atoms with E-state index >= 15 is 0 Å². The summed E-state index contributed by atoms with van der Waals surface area (Å²) in [6.07, 6.45) is 85.6. The van der Waals surface area contributed by atoms with E-state index in [0.29, 0.717) is 112 Å². The van der Waals surface area contributed by atoms with Crippen molar-refractivity contribution in [1.29, 1.82) is 0 Å². The minimum atomic E-state index is -1.18. The first kappa shape index (κ1) is 100. The van der Waals surface area contributed by atoms with Crippen molar-refractivity contribution in [2.75, 3.05) is 21.3 Å². The molecule has 8 heteroatoms. The Balaban J connectivity index is 0.000000223. The number of rotatable bonds is 16. The summed E-state index contributed by atoms with van der Waals surface area (Å²) in [6, 6.07) is 104. The number of hydrogen-bond acceptors (Lipinski definition) is 4. The van der Waals surface area contributed by atoms with Crippen molar-refractivity contribution in [2.24, 2.45) is 0 Å². The van der Waals surface area contributed by atoms with Crippen LogP contribution in [-0.2, 0) is 10.8 Å². The Morgan fingerprint density at radius 3 is 0.450 bits per heavy atom. The summed E-state index contributed by atoms with van der Waals surface area (Å²) in [7, 11) is 0. The Morgan fingerprint density at radius 2 is 0.289 bits per heavy atom. The molecule has 16 aromatic rings. The van der Waals surface area contributed by atoms with E-state index in [1.807, 2.05) is 159 Å². The highest BCUT2D eigenvalue weighted by Crippen LogP contribution is 2.49. The van der Waals surface area contributed by atoms with Gasteiger partial charge < -0.3 is 21.3 Å². The summed E-state index contributed by atoms with van der Waals surface area (Å²) in [6.45, 7) is 1.87. The lowest BCUT2D eigenvalue weighted by molar-refractivity contribution is 0.101. The van der Waals surface area contributed by atoms with Crippen LogP contribution in [0.1, 0.15) is 219 Å². The third-order valence-electron chi connectivity index (χ3n) is 24.1. The largest absolute Gasteiger partial charge is 0.322 e. The molecule has 0 radical (unpaired) electrons. The molecule has 0 fully saturated rings. The fraction of sp³-hybridized carbons (Fsp3) is 0.0213. The molecule has 0 spiro atoms. The number of anilines is 4. The molecule has 0 atom stereocenters. The lowest BCUT2D eigenvalue weighted by Crippen LogP contribution is -2.31. The van der Waals surface area contributed by atoms with Gasteiger partial charge in [0.1, 0.15) is 0 Å². The Bertz CT molecular complexity index is 8090. The predicted molar refractivity (Wildman–Crippen MR) is 601 cm³/mol. The fourth-order valence-electron chi connectivity index (χ4n) is 17.1. The smallest absolute Gasteiger partial charge is 0.255 e. The molecular weight excluding hydrogens is 1810 g/mol. The second-order valence-electron chi connectivity index (χ2n) is 33.8. The number of nitrogens with one attached hydrogen (secondary N) is 4. The number of amides is 4. The molecule has 0 aromatic heterocycles. The van der Waals surface area contributed by atoms with Crippen molar-refractivity contribution in [2.45, 2.75) is 17.8 Å². The summed E-state index contributed by atoms with van der Waals surface area (Å²) in [5.74, 6) is 63.8. The molecule has 16 rings (SSSR count). The maximum absolute atomic E-state index is 13.7. The highest BCUT2D eigenvalue weighted by Gasteiger charge is 2.41. The molecule has 16 aromatic carbocycles. The minimum absolute atomic E-state index is 0.285. The fourth-order valence-corrected chi connectivity index (χ4v) is 17.1. The standard InChI is InChI=1S/C73H36.C68H42N4O4/c1-9-53-41-54(10-2)46-65(45-53)21-17-61-25-33-69(34-26-61)73(70-35-27-62(28-36-70)18-22-66-47-55(11-3)42-56(12-4)48-66,71-37-29-63(30-38-71)19-23-67-49-57(13-5)43-58(14-6)50-67)72-39-31-64(32-40-72)20-24-68-51-59(15-7)44-60(16-8)52-68;1-9-45-32-44(8)33-52(37-45)64(73)69-60-24-16-56(17-25-60)68(57-18-26-61(27-19-57)70-65(74)53-38-46(10-2)34-47(11-3)39-53,58-20-28-62(29-21-58)71-66(75)54-40-48(12-4)35-49(13-5)41-54)59-22-30-63(31-23-59)72-67(76)55-42-50(14-6)36-51(15-7)43-55/h1-8,25-52H;1-7,16-43H,8H3,(H,69,73)(H,70,74)(H,71,75)(H,72,76). The molecule has 149 heavy (non-hydrogen) atoms. The Labute approximate surface area is 871 Å². The summed E-state index contributed by atoms with van der Waals surface area (Å²) >= 11 is 0. The van der Waals surface area contributed by atoms with Gasteiger partial charge in [0.15, 0.2) is 0 Å². The predicted octanol–water partition coefficient (Wildman–Crippen LogP) is 22.8. The average molecular weight is 1890 g/mol. The van der Waals surface area contributed by atoms with Crippen LogP contribution in [-0.4, -0.2) is 23.6 Å². The zero-order chi connectivity index (χ0) is 105. The Hall–Kier alpha value is -23.0. The van der Waals surface area contributed by atoms with E-state index in [0.717, 1.165) is 94.6 Å². The van der Waals surface area contributed by atoms with Gasteiger partial charge in [-0.25, -0.2) is 0 Å². The Morgan fingerprint density at radius 1 is 0.161 bits per heavy atom. The molecule has 0 aliphatic heterocycles. The highest BCUT2D eigenvalue weighted by atomic mass is 16.2. The normalized spacial score (nSPS) is 9.97. The number of benzene rings is 16. The molecule has 686 valence electrons. The molecule has 0 aliphatic rings. The second-order valence-corrected chi connectivity index (χ2v) is 33.8. The Kier molecular flexibility index (Phi) is 31.2. The van der Waals surface area contributed by atoms with Crippen LogP contribution in [0, 0.1) is 239 Å². The van der Waals surface area contributed by atoms with E-state index in [-0.39, 0.29) is 22.6 Å². The molecule has 4 amide bonds. The molecule has 0 saturated carbocycles. The molecule has 0 saturated heterocycles. The van der Waals surface area contributed by atoms with E-state index in [1.54, 1.807) is 140 Å². The SMILES string of the molecule is C#Cc1cc(C#C)cc(C#Cc2ccc(C(c3ccc(C#Cc4cc(C#C)cc(C#C)c4)cc3)(c3ccc(C#Cc4cc(C#C)cc(C#C)c4)cc3)c3ccc(C#Cc4cc(C#C)cc(C#C)c4)cc3)cc2)c1.C#Cc1cc(C)cc(C(=O)Nc2ccc(C(c3ccc(NC(=O)c4cc(C#C)cc(C#C)c4)cc3)(c3ccc(NC(=O)c4cc(C#C)cc(C#C)c4)cc3)c3ccc(NC(=O)c4cc(C#C)cc(C#C)c4)cc3)cc2)c1. The molecule has 0 bridgehead atoms. The first-order valence-electron chi connectivity index (χ1n) is 45.8. The van der Waals surface area contributed by atoms with Crippen LogP contribution in [0.3, 0.4) is 0 Å². The molecule has 8 nitrogen and oxygen atoms in total. The number of carbonyl (C=O) groups is 4. The van der Waals surface area contributed by atoms with Gasteiger partial charge in [0.05, 0.1) is 10.8 Å². The van der Waals surface area contributed by atoms with Gasteiger partial charge in [-0.1, -0.05) is 233 Å². The van der Waals surface area contributed by atoms with Gasteiger partial charge in [0.25, 0.3) is 23.6 Å². The molecule has 4 N–H and O–H groups in total. The molecule has 0 heterocycles. The lowest BCUT2D eigenvalue weighted by atomic mass is 9.65. The number of terminal acetylenes is 15. The van der Waals surface area contributed by atoms with Gasteiger partial charge in [0, 0.05) is 173 Å². The van der Waals surface area contributed by atoms with Gasteiger partial charge in [-0.3, -0.25) is 19.2 Å². The lowest BCUT2D eigenvalue weighted by Gasteiger charge is -2.37. The zero-order valence-corrected chi connectivity index (χ0v) is 80.1. The highest BCUT2D eigenvalue weighted by molar-refractivity contribution is 6.07. The summed E-state index contributed by atoms with van der Waals surface area (Å²) < 4.78 is 0. The molecule has 0 unspecified atom stereocenters. The zero-order valence-electron chi connectivity index (χ0n) is 80.1. The topological polar surface area (TPSA) is 116 Å². The second kappa shape index (κ2) is 46.2. The van der Waals surface area contributed by atoms with E-state index in [1.165, 1.54) is 0 Å². The quantitative estimate of drug-likeness (QED) is 0.0570. The van der Waals surface area contributed by atoms with Gasteiger partial charge in [0.2, 0.25) is 0 Å². The van der Waals surface area contributed by atoms with E-state index in [9.17, 15) is 19.2 Å². The third kappa shape index (κ3) is 23.6. The minimum Gasteiger partial charge on any atom is -0.322 e. The van der Waals surface area contributed by atoms with Crippen molar-refractivity contribution < 1.29 is 19.2 Å². The van der Waals surface area contributed by atoms with Crippen LogP contribution in [0.2, 0.25) is 0 Å². The number of carbonyl (C=O) groups excluding carboxylic acids is 4. The van der Waals surface area contributed by atoms with Crippen molar-refractivity contribution in [3.05, 3.63) is 540 Å². The average Bonchev–Trinajstić information content (AvgIpc) is 0.733. The molecule has 0 aliphatic carbocycles. The van der Waals surface area contributed by atoms with Crippen LogP contribution in [0.5, 0.6) is 0 Å². The van der Waals surface area contributed by atoms with E-state index in [2.05, 4.69) is 206 Å². The first-order chi connectivity index (χ1) is 72.5. The third-order valence-corrected chi connectivity index (χ3v) is 24.1. The van der Waals surface area contributed by atoms with E-state index in [4.69, 9.17) is 96.4 Å². The maximum Gasteiger partial charge on any atom is 0.255 e. The van der Waals surface area contributed by atoms with Crippen LogP contribution in [0.25, 0.3) is 0 Å². The first-order valence-corrected chi connectivity index (χ1v) is 45.8. The maximum atomic E-state index is 13.7. The van der Waals surface area contributed by atoms with Gasteiger partial charge in [-0.05, 0) is 300 Å². The van der Waals surface area contributed by atoms with Gasteiger partial charge >= 0.3 is 0 Å². The number of hydrogen-bond donors (Lipinski definition) is 4. The van der Waals surface area contributed by atoms with Gasteiger partial charge in [-0.2, -0.15) is 0 Å². The molecular formula is C141H78N4O4. The van der Waals surface area contributed by atoms with Crippen LogP contribution in [0.4, 0.5) is 22.7 Å². The summed E-state index contributed by atoms with van der Waals surface area (Å²) in [5.41, 5.74) is 23.4. The van der Waals surface area contributed by atoms with Crippen molar-refractivity contribution in [3.8, 4) is 233 Å². The van der Waals surface area contributed by atoms with Gasteiger partial charge in [-0.15, -0.1) is 96.4 Å². The van der Waals surface area contributed by atoms with Crippen molar-refractivity contribution >= 4 is 46.4 Å². The van der Waals surface area contributed by atoms with E-state index < -0.39 is 28.6 Å². The van der Waals surface area contributed by atoms with Crippen LogP contribution < -0.4 is 21.3 Å². The van der Waals surface area contributed by atoms with Crippen LogP contribution in [0.15, 0.2) is 340 Å². The summed E-state index contributed by atoms with van der Waals surface area (Å²) in [4.78, 5) is 54.7.